The normalized spacial score (nSPS) is 22.0. The van der Waals surface area contributed by atoms with E-state index in [1.807, 2.05) is 25.7 Å². The number of piperidine rings is 1. The molecular formula is C17H34N2O2. The van der Waals surface area contributed by atoms with Crippen LogP contribution in [0, 0.1) is 5.41 Å². The van der Waals surface area contributed by atoms with Gasteiger partial charge in [0.1, 0.15) is 5.60 Å². The van der Waals surface area contributed by atoms with Gasteiger partial charge in [-0.15, -0.1) is 0 Å². The maximum absolute atomic E-state index is 12.3. The van der Waals surface area contributed by atoms with Crippen molar-refractivity contribution in [2.45, 2.75) is 85.4 Å². The summed E-state index contributed by atoms with van der Waals surface area (Å²) in [5.74, 6) is 0. The number of ether oxygens (including phenoxy) is 1. The Morgan fingerprint density at radius 1 is 1.24 bits per heavy atom. The second-order valence-corrected chi connectivity index (χ2v) is 8.32. The van der Waals surface area contributed by atoms with E-state index in [1.54, 1.807) is 0 Å². The van der Waals surface area contributed by atoms with Crippen LogP contribution < -0.4 is 5.32 Å². The van der Waals surface area contributed by atoms with Gasteiger partial charge in [-0.1, -0.05) is 20.8 Å². The van der Waals surface area contributed by atoms with E-state index >= 15 is 0 Å². The molecule has 2 unspecified atom stereocenters. The van der Waals surface area contributed by atoms with Crippen molar-refractivity contribution in [1.29, 1.82) is 0 Å². The van der Waals surface area contributed by atoms with Crippen molar-refractivity contribution >= 4 is 6.09 Å². The van der Waals surface area contributed by atoms with Crippen molar-refractivity contribution < 1.29 is 9.53 Å². The molecule has 0 aromatic heterocycles. The summed E-state index contributed by atoms with van der Waals surface area (Å²) < 4.78 is 5.54. The van der Waals surface area contributed by atoms with Gasteiger partial charge >= 0.3 is 6.09 Å². The van der Waals surface area contributed by atoms with Gasteiger partial charge in [0.05, 0.1) is 0 Å². The molecule has 1 N–H and O–H groups in total. The zero-order valence-corrected chi connectivity index (χ0v) is 15.0. The summed E-state index contributed by atoms with van der Waals surface area (Å²) in [4.78, 5) is 14.3. The van der Waals surface area contributed by atoms with Gasteiger partial charge < -0.3 is 15.0 Å². The number of rotatable bonds is 3. The molecule has 1 amide bonds. The summed E-state index contributed by atoms with van der Waals surface area (Å²) >= 11 is 0. The third kappa shape index (κ3) is 6.25. The maximum atomic E-state index is 12.3. The lowest BCUT2D eigenvalue weighted by Crippen LogP contribution is -2.52. The Morgan fingerprint density at radius 3 is 2.38 bits per heavy atom. The van der Waals surface area contributed by atoms with Crippen LogP contribution in [0.1, 0.15) is 67.7 Å². The summed E-state index contributed by atoms with van der Waals surface area (Å²) in [6.45, 7) is 16.3. The molecule has 4 nitrogen and oxygen atoms in total. The number of likely N-dealkylation sites (tertiary alicyclic amines) is 1. The van der Waals surface area contributed by atoms with E-state index in [9.17, 15) is 4.79 Å². The predicted molar refractivity (Wildman–Crippen MR) is 87.5 cm³/mol. The molecule has 1 saturated heterocycles. The van der Waals surface area contributed by atoms with Gasteiger partial charge in [0.25, 0.3) is 0 Å². The second kappa shape index (κ2) is 6.99. The smallest absolute Gasteiger partial charge is 0.410 e. The van der Waals surface area contributed by atoms with E-state index < -0.39 is 5.60 Å². The highest BCUT2D eigenvalue weighted by Gasteiger charge is 2.31. The molecular weight excluding hydrogens is 264 g/mol. The number of hydrogen-bond acceptors (Lipinski definition) is 3. The van der Waals surface area contributed by atoms with Gasteiger partial charge in [-0.25, -0.2) is 4.79 Å². The van der Waals surface area contributed by atoms with Crippen LogP contribution in [0.15, 0.2) is 0 Å². The molecule has 4 heteroatoms. The largest absolute Gasteiger partial charge is 0.444 e. The summed E-state index contributed by atoms with van der Waals surface area (Å²) in [6.07, 6.45) is 3.15. The van der Waals surface area contributed by atoms with Crippen LogP contribution in [0.5, 0.6) is 0 Å². The van der Waals surface area contributed by atoms with Gasteiger partial charge in [0, 0.05) is 25.2 Å². The minimum absolute atomic E-state index is 0.169. The van der Waals surface area contributed by atoms with Gasteiger partial charge in [-0.05, 0) is 52.4 Å². The molecule has 1 aliphatic rings. The van der Waals surface area contributed by atoms with Gasteiger partial charge in [-0.3, -0.25) is 0 Å². The molecule has 0 radical (unpaired) electrons. The Bertz CT molecular complexity index is 342. The Hall–Kier alpha value is -0.770. The lowest BCUT2D eigenvalue weighted by atomic mass is 9.88. The number of carbonyl (C=O) groups is 1. The zero-order chi connectivity index (χ0) is 16.3. The number of carbonyl (C=O) groups excluding carboxylic acids is 1. The Kier molecular flexibility index (Phi) is 6.09. The lowest BCUT2D eigenvalue weighted by molar-refractivity contribution is 0.00933. The Labute approximate surface area is 130 Å². The van der Waals surface area contributed by atoms with Crippen molar-refractivity contribution in [3.05, 3.63) is 0 Å². The minimum atomic E-state index is -0.425. The van der Waals surface area contributed by atoms with Crippen molar-refractivity contribution in [1.82, 2.24) is 10.2 Å². The van der Waals surface area contributed by atoms with E-state index in [-0.39, 0.29) is 17.6 Å². The predicted octanol–water partition coefficient (Wildman–Crippen LogP) is 3.80. The molecule has 1 fully saturated rings. The highest BCUT2D eigenvalue weighted by Crippen LogP contribution is 2.22. The van der Waals surface area contributed by atoms with Crippen molar-refractivity contribution in [3.8, 4) is 0 Å². The second-order valence-electron chi connectivity index (χ2n) is 8.32. The molecule has 1 aliphatic heterocycles. The first kappa shape index (κ1) is 18.3. The van der Waals surface area contributed by atoms with E-state index in [4.69, 9.17) is 4.74 Å². The van der Waals surface area contributed by atoms with Crippen LogP contribution in [-0.2, 0) is 4.74 Å². The first-order chi connectivity index (χ1) is 9.50. The number of nitrogens with one attached hydrogen (secondary N) is 1. The first-order valence-corrected chi connectivity index (χ1v) is 8.24. The molecule has 1 rings (SSSR count). The van der Waals surface area contributed by atoms with Crippen molar-refractivity contribution in [2.24, 2.45) is 5.41 Å². The number of nitrogens with zero attached hydrogens (tertiary/aromatic N) is 1. The minimum Gasteiger partial charge on any atom is -0.444 e. The highest BCUT2D eigenvalue weighted by molar-refractivity contribution is 5.68. The SMILES string of the molecule is CC(NCC1CCCCN1C(=O)OC(C)(C)C)C(C)(C)C. The molecule has 1 heterocycles. The average molecular weight is 298 g/mol. The summed E-state index contributed by atoms with van der Waals surface area (Å²) in [5, 5.41) is 3.59. The molecule has 124 valence electrons. The molecule has 0 bridgehead atoms. The fourth-order valence-electron chi connectivity index (χ4n) is 2.39. The van der Waals surface area contributed by atoms with Crippen LogP contribution in [0.2, 0.25) is 0 Å². The van der Waals surface area contributed by atoms with Crippen molar-refractivity contribution in [2.75, 3.05) is 13.1 Å². The fraction of sp³-hybridized carbons (Fsp3) is 0.941. The number of amides is 1. The van der Waals surface area contributed by atoms with Crippen LogP contribution in [0.3, 0.4) is 0 Å². The fourth-order valence-corrected chi connectivity index (χ4v) is 2.39. The van der Waals surface area contributed by atoms with Gasteiger partial charge in [0.2, 0.25) is 0 Å². The molecule has 0 saturated carbocycles. The summed E-state index contributed by atoms with van der Waals surface area (Å²) in [6, 6.07) is 0.665. The van der Waals surface area contributed by atoms with Gasteiger partial charge in [-0.2, -0.15) is 0 Å². The van der Waals surface area contributed by atoms with Crippen LogP contribution in [0.4, 0.5) is 4.79 Å². The summed E-state index contributed by atoms with van der Waals surface area (Å²) in [5.41, 5.74) is -0.198. The number of hydrogen-bond donors (Lipinski definition) is 1. The average Bonchev–Trinajstić information content (AvgIpc) is 2.33. The zero-order valence-electron chi connectivity index (χ0n) is 15.0. The highest BCUT2D eigenvalue weighted by atomic mass is 16.6. The molecule has 0 aliphatic carbocycles. The van der Waals surface area contributed by atoms with Gasteiger partial charge in [0.15, 0.2) is 0 Å². The molecule has 21 heavy (non-hydrogen) atoms. The third-order valence-corrected chi connectivity index (χ3v) is 4.21. The monoisotopic (exact) mass is 298 g/mol. The topological polar surface area (TPSA) is 41.6 Å². The molecule has 0 spiro atoms. The molecule has 0 aromatic carbocycles. The van der Waals surface area contributed by atoms with E-state index in [0.29, 0.717) is 6.04 Å². The molecule has 0 aromatic rings. The Morgan fingerprint density at radius 2 is 1.86 bits per heavy atom. The van der Waals surface area contributed by atoms with E-state index in [2.05, 4.69) is 33.0 Å². The third-order valence-electron chi connectivity index (χ3n) is 4.21. The van der Waals surface area contributed by atoms with Crippen LogP contribution in [0.25, 0.3) is 0 Å². The lowest BCUT2D eigenvalue weighted by Gasteiger charge is -2.38. The standard InChI is InChI=1S/C17H34N2O2/c1-13(16(2,3)4)18-12-14-10-8-9-11-19(14)15(20)21-17(5,6)7/h13-14,18H,8-12H2,1-7H3. The quantitative estimate of drug-likeness (QED) is 0.861. The maximum Gasteiger partial charge on any atom is 0.410 e. The van der Waals surface area contributed by atoms with Crippen LogP contribution in [-0.4, -0.2) is 41.8 Å². The summed E-state index contributed by atoms with van der Waals surface area (Å²) in [7, 11) is 0. The molecule has 2 atom stereocenters. The van der Waals surface area contributed by atoms with E-state index in [1.165, 1.54) is 6.42 Å². The first-order valence-electron chi connectivity index (χ1n) is 8.24. The van der Waals surface area contributed by atoms with Crippen molar-refractivity contribution in [3.63, 3.8) is 0 Å². The Balaban J connectivity index is 2.59. The van der Waals surface area contributed by atoms with E-state index in [0.717, 1.165) is 25.9 Å². The van der Waals surface area contributed by atoms with Crippen LogP contribution >= 0.6 is 0 Å².